The molecule has 0 N–H and O–H groups in total. The molecule has 1 saturated heterocycles. The Morgan fingerprint density at radius 3 is 1.80 bits per heavy atom. The van der Waals surface area contributed by atoms with Gasteiger partial charge >= 0.3 is 15.9 Å². The van der Waals surface area contributed by atoms with Crippen LogP contribution in [-0.2, 0) is 7.58 Å². The second kappa shape index (κ2) is 5.71. The van der Waals surface area contributed by atoms with Gasteiger partial charge in [0.05, 0.1) is 0 Å². The summed E-state index contributed by atoms with van der Waals surface area (Å²) < 4.78 is 65.6. The molecule has 8 heteroatoms. The summed E-state index contributed by atoms with van der Waals surface area (Å²) in [4.78, 5) is 0. The predicted molar refractivity (Wildman–Crippen MR) is 60.6 cm³/mol. The van der Waals surface area contributed by atoms with Crippen molar-refractivity contribution in [2.24, 2.45) is 0 Å². The van der Waals surface area contributed by atoms with E-state index in [0.29, 0.717) is 0 Å². The maximum Gasteiger partial charge on any atom is 0.668 e. The third-order valence-electron chi connectivity index (χ3n) is 3.29. The summed E-state index contributed by atoms with van der Waals surface area (Å²) in [7, 11) is 0. The minimum Gasteiger partial charge on any atom is -0.481 e. The lowest BCUT2D eigenvalue weighted by atomic mass is 9.87. The first kappa shape index (κ1) is 15.3. The minimum absolute atomic E-state index is 0.649. The molecule has 0 spiro atoms. The zero-order chi connectivity index (χ0) is 15.0. The van der Waals surface area contributed by atoms with Crippen LogP contribution >= 0.6 is 0 Å². The van der Waals surface area contributed by atoms with Gasteiger partial charge in [0.15, 0.2) is 23.3 Å². The predicted octanol–water partition coefficient (Wildman–Crippen LogP) is 2.56. The summed E-state index contributed by atoms with van der Waals surface area (Å²) >= 11 is -0.785. The zero-order valence-corrected chi connectivity index (χ0v) is 11.7. The smallest absolute Gasteiger partial charge is 0.481 e. The number of hydrogen-bond acceptors (Lipinski definition) is 3. The standard InChI is InChI=1S/C12H9F4NO2.Al/c1-4(18)7(5(2)19)8-11(15)9(13)6(3-17)10(14)12(8)16;/h4-5,7H,1-2H3;/q-2;+2. The van der Waals surface area contributed by atoms with E-state index < -0.39 is 68.4 Å². The van der Waals surface area contributed by atoms with E-state index >= 15 is 0 Å². The summed E-state index contributed by atoms with van der Waals surface area (Å²) in [6.45, 7) is 3.09. The molecule has 2 atom stereocenters. The Morgan fingerprint density at radius 2 is 1.40 bits per heavy atom. The molecule has 105 valence electrons. The van der Waals surface area contributed by atoms with Crippen molar-refractivity contribution in [2.45, 2.75) is 32.0 Å². The van der Waals surface area contributed by atoms with E-state index in [2.05, 4.69) is 0 Å². The number of nitriles is 1. The molecular weight excluding hydrogens is 293 g/mol. The third-order valence-corrected chi connectivity index (χ3v) is 4.38. The highest BCUT2D eigenvalue weighted by Gasteiger charge is 2.38. The van der Waals surface area contributed by atoms with Gasteiger partial charge in [0, 0.05) is 23.7 Å². The van der Waals surface area contributed by atoms with Crippen LogP contribution in [0.1, 0.15) is 30.9 Å². The first-order chi connectivity index (χ1) is 9.40. The molecule has 2 rings (SSSR count). The zero-order valence-electron chi connectivity index (χ0n) is 10.6. The van der Waals surface area contributed by atoms with Gasteiger partial charge in [-0.05, 0) is 13.8 Å². The van der Waals surface area contributed by atoms with E-state index in [0.717, 1.165) is 6.07 Å². The van der Waals surface area contributed by atoms with E-state index in [9.17, 15) is 17.6 Å². The lowest BCUT2D eigenvalue weighted by Gasteiger charge is -2.36. The van der Waals surface area contributed by atoms with Crippen molar-refractivity contribution in [3.8, 4) is 6.07 Å². The summed E-state index contributed by atoms with van der Waals surface area (Å²) in [6.07, 6.45) is -1.30. The van der Waals surface area contributed by atoms with Gasteiger partial charge in [-0.1, -0.05) is 0 Å². The molecule has 0 aliphatic carbocycles. The molecule has 3 nitrogen and oxygen atoms in total. The molecule has 0 amide bonds. The number of hydrogen-bond donors (Lipinski definition) is 0. The van der Waals surface area contributed by atoms with Gasteiger partial charge in [-0.25, -0.2) is 17.6 Å². The van der Waals surface area contributed by atoms with Crippen molar-refractivity contribution in [2.75, 3.05) is 0 Å². The molecule has 1 fully saturated rings. The minimum atomic E-state index is -1.70. The molecule has 1 radical (unpaired) electrons. The second-order valence-corrected chi connectivity index (χ2v) is 5.20. The van der Waals surface area contributed by atoms with Crippen LogP contribution in [0.5, 0.6) is 0 Å². The van der Waals surface area contributed by atoms with Gasteiger partial charge < -0.3 is 7.58 Å². The van der Waals surface area contributed by atoms with E-state index in [-0.39, 0.29) is 0 Å². The Hall–Kier alpha value is -1.12. The maximum absolute atomic E-state index is 14.0. The molecule has 1 aromatic rings. The fourth-order valence-electron chi connectivity index (χ4n) is 2.27. The highest BCUT2D eigenvalue weighted by Crippen LogP contribution is 2.36. The van der Waals surface area contributed by atoms with Gasteiger partial charge in [-0.15, -0.1) is 0 Å². The summed E-state index contributed by atoms with van der Waals surface area (Å²) in [6, 6.07) is 1.11. The molecule has 1 heterocycles. The normalized spacial score (nSPS) is 25.9. The van der Waals surface area contributed by atoms with Crippen LogP contribution in [0.2, 0.25) is 0 Å². The van der Waals surface area contributed by atoms with Crippen LogP contribution in [0.3, 0.4) is 0 Å². The van der Waals surface area contributed by atoms with Gasteiger partial charge in [-0.2, -0.15) is 5.26 Å². The molecule has 2 unspecified atom stereocenters. The molecule has 1 aliphatic heterocycles. The van der Waals surface area contributed by atoms with Crippen molar-refractivity contribution in [1.82, 2.24) is 0 Å². The lowest BCUT2D eigenvalue weighted by Crippen LogP contribution is -2.39. The molecule has 1 aromatic carbocycles. The molecule has 1 aliphatic rings. The van der Waals surface area contributed by atoms with E-state index in [1.165, 1.54) is 0 Å². The highest BCUT2D eigenvalue weighted by atomic mass is 27.2. The number of halogens is 4. The quantitative estimate of drug-likeness (QED) is 0.455. The third kappa shape index (κ3) is 2.32. The Labute approximate surface area is 119 Å². The average Bonchev–Trinajstić information content (AvgIpc) is 2.40. The maximum atomic E-state index is 14.0. The number of rotatable bonds is 1. The molecular formula is C12H9AlF4NO2. The Balaban J connectivity index is 2.66. The summed E-state index contributed by atoms with van der Waals surface area (Å²) in [5, 5.41) is 8.54. The van der Waals surface area contributed by atoms with Gasteiger partial charge in [-0.3, -0.25) is 0 Å². The van der Waals surface area contributed by atoms with Crippen molar-refractivity contribution in [1.29, 1.82) is 5.26 Å². The fraction of sp³-hybridized carbons (Fsp3) is 0.417. The van der Waals surface area contributed by atoms with Crippen molar-refractivity contribution in [3.63, 3.8) is 0 Å². The molecule has 0 bridgehead atoms. The Kier molecular flexibility index (Phi) is 4.36. The topological polar surface area (TPSA) is 42.2 Å². The number of nitrogens with zero attached hydrogens (tertiary/aromatic N) is 1. The monoisotopic (exact) mass is 302 g/mol. The van der Waals surface area contributed by atoms with E-state index in [4.69, 9.17) is 12.8 Å². The van der Waals surface area contributed by atoms with Crippen molar-refractivity contribution < 1.29 is 25.1 Å². The van der Waals surface area contributed by atoms with Gasteiger partial charge in [0.2, 0.25) is 0 Å². The molecule has 20 heavy (non-hydrogen) atoms. The summed E-state index contributed by atoms with van der Waals surface area (Å²) in [5.41, 5.74) is -2.05. The largest absolute Gasteiger partial charge is 0.668 e. The van der Waals surface area contributed by atoms with Crippen LogP contribution < -0.4 is 0 Å². The number of benzene rings is 1. The first-order valence-corrected chi connectivity index (χ1v) is 6.73. The average molecular weight is 302 g/mol. The Bertz CT molecular complexity index is 551. The van der Waals surface area contributed by atoms with Crippen LogP contribution in [0.4, 0.5) is 17.6 Å². The SMILES string of the molecule is CC1[O][Al][O]C(C)C1c1c(F)c(F)c(C#N)c(F)c1F. The molecule has 0 aromatic heterocycles. The highest BCUT2D eigenvalue weighted by molar-refractivity contribution is 6.18. The van der Waals surface area contributed by atoms with Gasteiger partial charge in [0.1, 0.15) is 11.6 Å². The Morgan fingerprint density at radius 1 is 0.950 bits per heavy atom. The van der Waals surface area contributed by atoms with Gasteiger partial charge in [0.25, 0.3) is 0 Å². The second-order valence-electron chi connectivity index (χ2n) is 4.46. The molecule has 0 saturated carbocycles. The van der Waals surface area contributed by atoms with Crippen LogP contribution in [0.25, 0.3) is 0 Å². The van der Waals surface area contributed by atoms with Crippen LogP contribution in [-0.4, -0.2) is 28.1 Å². The fourth-order valence-corrected chi connectivity index (χ4v) is 3.02. The first-order valence-electron chi connectivity index (χ1n) is 5.78. The lowest BCUT2D eigenvalue weighted by molar-refractivity contribution is 0.0228. The van der Waals surface area contributed by atoms with Crippen molar-refractivity contribution in [3.05, 3.63) is 34.4 Å². The summed E-state index contributed by atoms with van der Waals surface area (Å²) in [5.74, 6) is -7.54. The van der Waals surface area contributed by atoms with Crippen LogP contribution in [0.15, 0.2) is 0 Å². The van der Waals surface area contributed by atoms with E-state index in [1.807, 2.05) is 0 Å². The van der Waals surface area contributed by atoms with E-state index in [1.54, 1.807) is 13.8 Å². The van der Waals surface area contributed by atoms with Crippen molar-refractivity contribution >= 4 is 15.9 Å². The van der Waals surface area contributed by atoms with Crippen LogP contribution in [0, 0.1) is 34.6 Å².